The van der Waals surface area contributed by atoms with Gasteiger partial charge in [-0.05, 0) is 30.2 Å². The van der Waals surface area contributed by atoms with Gasteiger partial charge in [-0.3, -0.25) is 0 Å². The van der Waals surface area contributed by atoms with Gasteiger partial charge in [0.05, 0.1) is 11.4 Å². The summed E-state index contributed by atoms with van der Waals surface area (Å²) in [6.45, 7) is 1.82. The van der Waals surface area contributed by atoms with Crippen LogP contribution >= 0.6 is 0 Å². The van der Waals surface area contributed by atoms with Gasteiger partial charge in [-0.15, -0.1) is 0 Å². The summed E-state index contributed by atoms with van der Waals surface area (Å²) in [7, 11) is 1.69. The highest BCUT2D eigenvalue weighted by Crippen LogP contribution is 2.27. The first kappa shape index (κ1) is 12.1. The summed E-state index contributed by atoms with van der Waals surface area (Å²) < 4.78 is 0. The van der Waals surface area contributed by atoms with Crippen molar-refractivity contribution in [3.05, 3.63) is 29.3 Å². The molecule has 5 heteroatoms. The molecule has 0 heterocycles. The third-order valence-electron chi connectivity index (χ3n) is 2.32. The molecule has 1 aromatic carbocycles. The fourth-order valence-corrected chi connectivity index (χ4v) is 1.38. The zero-order chi connectivity index (χ0) is 12.3. The summed E-state index contributed by atoms with van der Waals surface area (Å²) in [5.41, 5.74) is 8.74. The molecule has 0 aliphatic carbocycles. The molecule has 0 spiro atoms. The van der Waals surface area contributed by atoms with E-state index in [-0.39, 0.29) is 0 Å². The summed E-state index contributed by atoms with van der Waals surface area (Å²) in [6.07, 6.45) is 2.59. The largest absolute Gasteiger partial charge is 0.478 e. The number of nitrogens with zero attached hydrogens (tertiary/aromatic N) is 1. The molecule has 0 radical (unpaired) electrons. The maximum atomic E-state index is 10.4. The predicted octanol–water partition coefficient (Wildman–Crippen LogP) is 0.985. The Hall–Kier alpha value is -2.01. The lowest BCUT2D eigenvalue weighted by Gasteiger charge is -2.17. The van der Waals surface area contributed by atoms with Crippen LogP contribution in [0.15, 0.2) is 18.2 Å². The van der Waals surface area contributed by atoms with Gasteiger partial charge in [-0.25, -0.2) is 10.6 Å². The van der Waals surface area contributed by atoms with Crippen LogP contribution in [-0.2, 0) is 4.79 Å². The highest BCUT2D eigenvalue weighted by molar-refractivity contribution is 5.87. The van der Waals surface area contributed by atoms with Crippen molar-refractivity contribution in [3.63, 3.8) is 0 Å². The molecule has 0 atom stereocenters. The van der Waals surface area contributed by atoms with E-state index in [2.05, 4.69) is 0 Å². The molecular formula is C11H15N3O2. The fourth-order valence-electron chi connectivity index (χ4n) is 1.38. The molecule has 1 rings (SSSR count). The van der Waals surface area contributed by atoms with E-state index < -0.39 is 5.97 Å². The van der Waals surface area contributed by atoms with Gasteiger partial charge in [0, 0.05) is 13.1 Å². The average molecular weight is 221 g/mol. The van der Waals surface area contributed by atoms with Crippen LogP contribution in [0.1, 0.15) is 11.1 Å². The van der Waals surface area contributed by atoms with Crippen LogP contribution in [0.25, 0.3) is 6.08 Å². The van der Waals surface area contributed by atoms with Crippen molar-refractivity contribution in [2.24, 2.45) is 5.84 Å². The van der Waals surface area contributed by atoms with Crippen LogP contribution < -0.4 is 16.6 Å². The lowest BCUT2D eigenvalue weighted by atomic mass is 10.0. The fraction of sp³-hybridized carbons (Fsp3) is 0.182. The SMILES string of the molecule is Cc1c(/C=C/C(=O)O)ccc(N(C)N)c1N. The Bertz CT molecular complexity index is 439. The number of nitrogen functional groups attached to an aromatic ring is 1. The number of nitrogens with two attached hydrogens (primary N) is 2. The number of hydrogen-bond acceptors (Lipinski definition) is 4. The number of carboxylic acid groups (broad SMARTS) is 1. The maximum absolute atomic E-state index is 10.4. The Kier molecular flexibility index (Phi) is 3.52. The van der Waals surface area contributed by atoms with E-state index in [0.29, 0.717) is 11.4 Å². The summed E-state index contributed by atoms with van der Waals surface area (Å²) in [5, 5.41) is 9.96. The standard InChI is InChI=1S/C11H15N3O2/c1-7-8(4-6-10(15)16)3-5-9(11(7)12)14(2)13/h3-6H,12-13H2,1-2H3,(H,15,16)/b6-4+. The molecular weight excluding hydrogens is 206 g/mol. The van der Waals surface area contributed by atoms with Gasteiger partial charge in [0.25, 0.3) is 0 Å². The second-order valence-corrected chi connectivity index (χ2v) is 3.50. The van der Waals surface area contributed by atoms with Crippen LogP contribution in [0, 0.1) is 6.92 Å². The molecule has 0 amide bonds. The van der Waals surface area contributed by atoms with E-state index in [9.17, 15) is 4.79 Å². The average Bonchev–Trinajstić information content (AvgIpc) is 2.19. The number of anilines is 2. The number of hydrazine groups is 1. The van der Waals surface area contributed by atoms with Crippen molar-refractivity contribution in [3.8, 4) is 0 Å². The van der Waals surface area contributed by atoms with Gasteiger partial charge < -0.3 is 15.8 Å². The first-order chi connectivity index (χ1) is 7.43. The molecule has 0 aliphatic rings. The van der Waals surface area contributed by atoms with Crippen molar-refractivity contribution < 1.29 is 9.90 Å². The number of benzene rings is 1. The number of carboxylic acids is 1. The molecule has 5 nitrogen and oxygen atoms in total. The number of hydrogen-bond donors (Lipinski definition) is 3. The minimum Gasteiger partial charge on any atom is -0.478 e. The lowest BCUT2D eigenvalue weighted by molar-refractivity contribution is -0.131. The van der Waals surface area contributed by atoms with Gasteiger partial charge in [0.15, 0.2) is 0 Å². The Morgan fingerprint density at radius 2 is 2.12 bits per heavy atom. The van der Waals surface area contributed by atoms with Crippen molar-refractivity contribution in [2.75, 3.05) is 17.8 Å². The van der Waals surface area contributed by atoms with Crippen LogP contribution in [-0.4, -0.2) is 18.1 Å². The maximum Gasteiger partial charge on any atom is 0.328 e. The van der Waals surface area contributed by atoms with E-state index in [1.165, 1.54) is 11.1 Å². The van der Waals surface area contributed by atoms with Crippen molar-refractivity contribution >= 4 is 23.4 Å². The molecule has 5 N–H and O–H groups in total. The predicted molar refractivity (Wildman–Crippen MR) is 64.9 cm³/mol. The number of aliphatic carboxylic acids is 1. The van der Waals surface area contributed by atoms with Gasteiger partial charge in [0.2, 0.25) is 0 Å². The minimum absolute atomic E-state index is 0.553. The third-order valence-corrected chi connectivity index (χ3v) is 2.32. The Labute approximate surface area is 93.9 Å². The van der Waals surface area contributed by atoms with Crippen molar-refractivity contribution in [1.82, 2.24) is 0 Å². The second-order valence-electron chi connectivity index (χ2n) is 3.50. The van der Waals surface area contributed by atoms with Crippen LogP contribution in [0.4, 0.5) is 11.4 Å². The Morgan fingerprint density at radius 3 is 2.62 bits per heavy atom. The highest BCUT2D eigenvalue weighted by atomic mass is 16.4. The molecule has 0 unspecified atom stereocenters. The quantitative estimate of drug-likeness (QED) is 0.306. The monoisotopic (exact) mass is 221 g/mol. The molecule has 0 fully saturated rings. The first-order valence-electron chi connectivity index (χ1n) is 4.72. The summed E-state index contributed by atoms with van der Waals surface area (Å²) >= 11 is 0. The zero-order valence-electron chi connectivity index (χ0n) is 9.27. The first-order valence-corrected chi connectivity index (χ1v) is 4.72. The molecule has 1 aromatic rings. The summed E-state index contributed by atoms with van der Waals surface area (Å²) in [6, 6.07) is 3.54. The summed E-state index contributed by atoms with van der Waals surface area (Å²) in [5.74, 6) is 4.61. The lowest BCUT2D eigenvalue weighted by Crippen LogP contribution is -2.26. The van der Waals surface area contributed by atoms with E-state index >= 15 is 0 Å². The van der Waals surface area contributed by atoms with Crippen LogP contribution in [0.3, 0.4) is 0 Å². The van der Waals surface area contributed by atoms with Gasteiger partial charge in [0.1, 0.15) is 0 Å². The van der Waals surface area contributed by atoms with E-state index in [0.717, 1.165) is 17.2 Å². The molecule has 86 valence electrons. The van der Waals surface area contributed by atoms with Crippen molar-refractivity contribution in [2.45, 2.75) is 6.92 Å². The molecule has 0 saturated carbocycles. The van der Waals surface area contributed by atoms with Gasteiger partial charge >= 0.3 is 5.97 Å². The van der Waals surface area contributed by atoms with Gasteiger partial charge in [-0.2, -0.15) is 0 Å². The minimum atomic E-state index is -0.988. The van der Waals surface area contributed by atoms with Crippen molar-refractivity contribution in [1.29, 1.82) is 0 Å². The Morgan fingerprint density at radius 1 is 1.50 bits per heavy atom. The molecule has 0 aliphatic heterocycles. The van der Waals surface area contributed by atoms with E-state index in [4.69, 9.17) is 16.7 Å². The number of rotatable bonds is 3. The highest BCUT2D eigenvalue weighted by Gasteiger charge is 2.07. The Balaban J connectivity index is 3.17. The topological polar surface area (TPSA) is 92.6 Å². The van der Waals surface area contributed by atoms with Gasteiger partial charge in [-0.1, -0.05) is 6.07 Å². The van der Waals surface area contributed by atoms with E-state index in [1.54, 1.807) is 19.2 Å². The van der Waals surface area contributed by atoms with Crippen LogP contribution in [0.5, 0.6) is 0 Å². The molecule has 16 heavy (non-hydrogen) atoms. The third kappa shape index (κ3) is 2.52. The number of carbonyl (C=O) groups is 1. The smallest absolute Gasteiger partial charge is 0.328 e. The summed E-state index contributed by atoms with van der Waals surface area (Å²) in [4.78, 5) is 10.4. The second kappa shape index (κ2) is 4.67. The van der Waals surface area contributed by atoms with Crippen LogP contribution in [0.2, 0.25) is 0 Å². The normalized spacial score (nSPS) is 10.7. The molecule has 0 bridgehead atoms. The zero-order valence-corrected chi connectivity index (χ0v) is 9.27. The molecule has 0 saturated heterocycles. The molecule has 0 aromatic heterocycles. The van der Waals surface area contributed by atoms with E-state index in [1.807, 2.05) is 6.92 Å².